The average molecular weight is 188 g/mol. The van der Waals surface area contributed by atoms with Crippen LogP contribution in [0.2, 0.25) is 0 Å². The molecule has 0 spiro atoms. The van der Waals surface area contributed by atoms with Gasteiger partial charge in [0.05, 0.1) is 0 Å². The van der Waals surface area contributed by atoms with E-state index in [-0.39, 0.29) is 0 Å². The molecule has 0 heterocycles. The molecule has 1 aromatic rings. The van der Waals surface area contributed by atoms with Gasteiger partial charge in [-0.3, -0.25) is 0 Å². The van der Waals surface area contributed by atoms with E-state index in [1.165, 1.54) is 0 Å². The van der Waals surface area contributed by atoms with E-state index in [1.807, 2.05) is 19.1 Å². The second-order valence-electron chi connectivity index (χ2n) is 2.13. The van der Waals surface area contributed by atoms with Crippen LogP contribution in [0.1, 0.15) is 5.56 Å². The second kappa shape index (κ2) is 3.76. The summed E-state index contributed by atoms with van der Waals surface area (Å²) in [6, 6.07) is 7.13. The number of hydrogen-bond acceptors (Lipinski definition) is 2. The minimum absolute atomic E-state index is 0.500. The van der Waals surface area contributed by atoms with Crippen molar-refractivity contribution in [3.8, 4) is 5.75 Å². The third-order valence-electron chi connectivity index (χ3n) is 1.29. The quantitative estimate of drug-likeness (QED) is 0.708. The zero-order chi connectivity index (χ0) is 8.27. The van der Waals surface area contributed by atoms with Crippen molar-refractivity contribution in [2.45, 2.75) is 6.92 Å². The molecule has 0 fully saturated rings. The first-order valence-corrected chi connectivity index (χ1v) is 5.14. The second-order valence-corrected chi connectivity index (χ2v) is 3.28. The molecule has 1 aromatic carbocycles. The van der Waals surface area contributed by atoms with E-state index in [9.17, 15) is 3.32 Å². The summed E-state index contributed by atoms with van der Waals surface area (Å²) in [4.78, 5) is 0. The zero-order valence-electron chi connectivity index (χ0n) is 6.07. The molecule has 0 amide bonds. The molecule has 0 aliphatic heterocycles. The standard InChI is InChI=1S/C7H8O.H2O.O.Ti/c1-6-4-2-3-5-7(6)8;;;/h2-5,8H,1H3;1H2;;/q;;;+2/p-2. The van der Waals surface area contributed by atoms with Crippen molar-refractivity contribution >= 4 is 0 Å². The normalized spacial score (nSPS) is 9.27. The SMILES string of the molecule is Cc1ccccc1[O][Ti](=[O])[OH]. The molecule has 0 saturated carbocycles. The summed E-state index contributed by atoms with van der Waals surface area (Å²) in [6.45, 7) is 1.83. The third-order valence-corrected chi connectivity index (χ3v) is 1.91. The van der Waals surface area contributed by atoms with Gasteiger partial charge in [0, 0.05) is 0 Å². The van der Waals surface area contributed by atoms with Crippen molar-refractivity contribution in [1.29, 1.82) is 0 Å². The molecule has 3 nitrogen and oxygen atoms in total. The molecule has 1 rings (SSSR count). The van der Waals surface area contributed by atoms with E-state index < -0.39 is 18.6 Å². The number of benzene rings is 1. The summed E-state index contributed by atoms with van der Waals surface area (Å²) >= 11 is -3.41. The van der Waals surface area contributed by atoms with Crippen molar-refractivity contribution in [2.24, 2.45) is 0 Å². The van der Waals surface area contributed by atoms with E-state index in [2.05, 4.69) is 0 Å². The molecule has 0 atom stereocenters. The van der Waals surface area contributed by atoms with Gasteiger partial charge in [-0.15, -0.1) is 0 Å². The van der Waals surface area contributed by atoms with Crippen molar-refractivity contribution < 1.29 is 28.9 Å². The van der Waals surface area contributed by atoms with Gasteiger partial charge < -0.3 is 0 Å². The van der Waals surface area contributed by atoms with Crippen LogP contribution in [0.3, 0.4) is 0 Å². The summed E-state index contributed by atoms with van der Waals surface area (Å²) in [7, 11) is 0. The van der Waals surface area contributed by atoms with E-state index in [0.717, 1.165) is 5.56 Å². The van der Waals surface area contributed by atoms with Gasteiger partial charge in [-0.2, -0.15) is 0 Å². The third kappa shape index (κ3) is 2.54. The first-order chi connectivity index (χ1) is 5.20. The first-order valence-electron chi connectivity index (χ1n) is 3.16. The summed E-state index contributed by atoms with van der Waals surface area (Å²) in [5, 5.41) is 0. The Morgan fingerprint density at radius 2 is 2.09 bits per heavy atom. The summed E-state index contributed by atoms with van der Waals surface area (Å²) in [5.74, 6) is 0.500. The van der Waals surface area contributed by atoms with Crippen LogP contribution in [0.4, 0.5) is 0 Å². The van der Waals surface area contributed by atoms with E-state index in [0.29, 0.717) is 5.75 Å². The van der Waals surface area contributed by atoms with Gasteiger partial charge in [0.25, 0.3) is 0 Å². The summed E-state index contributed by atoms with van der Waals surface area (Å²) < 4.78 is 23.6. The Balaban J connectivity index is 2.86. The fourth-order valence-electron chi connectivity index (χ4n) is 0.765. The number of aryl methyl sites for hydroxylation is 1. The van der Waals surface area contributed by atoms with Crippen LogP contribution >= 0.6 is 0 Å². The van der Waals surface area contributed by atoms with E-state index in [1.54, 1.807) is 12.1 Å². The predicted molar refractivity (Wildman–Crippen MR) is 34.7 cm³/mol. The van der Waals surface area contributed by atoms with Crippen LogP contribution in [0.15, 0.2) is 24.3 Å². The molecule has 0 aliphatic rings. The van der Waals surface area contributed by atoms with Gasteiger partial charge in [-0.1, -0.05) is 0 Å². The molecule has 0 aliphatic carbocycles. The Hall–Kier alpha value is -0.506. The minimum atomic E-state index is -3.41. The van der Waals surface area contributed by atoms with Crippen molar-refractivity contribution in [2.75, 3.05) is 0 Å². The Morgan fingerprint density at radius 3 is 2.64 bits per heavy atom. The Morgan fingerprint density at radius 1 is 1.45 bits per heavy atom. The molecule has 0 bridgehead atoms. The van der Waals surface area contributed by atoms with Gasteiger partial charge in [0.2, 0.25) is 0 Å². The number of hydrogen-bond donors (Lipinski definition) is 1. The Bertz CT molecular complexity index is 272. The molecular formula is C7H8O3Ti. The van der Waals surface area contributed by atoms with Crippen molar-refractivity contribution in [3.05, 3.63) is 29.8 Å². The maximum atomic E-state index is 10.3. The number of para-hydroxylation sites is 1. The summed E-state index contributed by atoms with van der Waals surface area (Å²) in [6.07, 6.45) is 0. The molecule has 4 heteroatoms. The molecule has 0 saturated heterocycles. The van der Waals surface area contributed by atoms with Gasteiger partial charge in [-0.05, 0) is 0 Å². The Labute approximate surface area is 71.7 Å². The van der Waals surface area contributed by atoms with Gasteiger partial charge in [0.15, 0.2) is 0 Å². The number of rotatable bonds is 2. The first kappa shape index (κ1) is 8.59. The zero-order valence-corrected chi connectivity index (χ0v) is 7.63. The molecule has 0 aromatic heterocycles. The fourth-order valence-corrected chi connectivity index (χ4v) is 1.42. The monoisotopic (exact) mass is 188 g/mol. The van der Waals surface area contributed by atoms with Crippen molar-refractivity contribution in [3.63, 3.8) is 0 Å². The van der Waals surface area contributed by atoms with Crippen LogP contribution in [-0.4, -0.2) is 3.69 Å². The maximum absolute atomic E-state index is 10.3. The van der Waals surface area contributed by atoms with Crippen LogP contribution in [0, 0.1) is 6.92 Å². The molecule has 0 unspecified atom stereocenters. The molecule has 1 N–H and O–H groups in total. The molecule has 11 heavy (non-hydrogen) atoms. The fraction of sp³-hybridized carbons (Fsp3) is 0.143. The van der Waals surface area contributed by atoms with Crippen LogP contribution in [-0.2, 0) is 21.9 Å². The average Bonchev–Trinajstić information content (AvgIpc) is 1.93. The van der Waals surface area contributed by atoms with Crippen LogP contribution in [0.25, 0.3) is 0 Å². The van der Waals surface area contributed by atoms with Crippen LogP contribution in [0.5, 0.6) is 5.75 Å². The van der Waals surface area contributed by atoms with Gasteiger partial charge in [-0.25, -0.2) is 0 Å². The topological polar surface area (TPSA) is 46.5 Å². The van der Waals surface area contributed by atoms with Crippen molar-refractivity contribution in [1.82, 2.24) is 0 Å². The van der Waals surface area contributed by atoms with Crippen LogP contribution < -0.4 is 3.32 Å². The van der Waals surface area contributed by atoms with E-state index in [4.69, 9.17) is 7.01 Å². The van der Waals surface area contributed by atoms with E-state index >= 15 is 0 Å². The van der Waals surface area contributed by atoms with Gasteiger partial charge >= 0.3 is 71.4 Å². The van der Waals surface area contributed by atoms with Gasteiger partial charge in [0.1, 0.15) is 0 Å². The molecule has 0 radical (unpaired) electrons. The predicted octanol–water partition coefficient (Wildman–Crippen LogP) is 1.16. The molecule has 58 valence electrons. The summed E-state index contributed by atoms with van der Waals surface area (Å²) in [5.41, 5.74) is 0.877. The Kier molecular flexibility index (Phi) is 2.94. The molecular weight excluding hydrogens is 180 g/mol.